The van der Waals surface area contributed by atoms with Gasteiger partial charge in [0.25, 0.3) is 0 Å². The molecule has 3 aromatic rings. The van der Waals surface area contributed by atoms with E-state index in [1.165, 1.54) is 4.80 Å². The molecule has 0 unspecified atom stereocenters. The summed E-state index contributed by atoms with van der Waals surface area (Å²) in [6, 6.07) is 3.72. The van der Waals surface area contributed by atoms with Gasteiger partial charge in [-0.25, -0.2) is 9.67 Å². The second-order valence-corrected chi connectivity index (χ2v) is 8.56. The molecular formula is C21H28N8O3. The topological polar surface area (TPSA) is 134 Å². The Balaban J connectivity index is 1.52. The number of carboxylic acids is 1. The van der Waals surface area contributed by atoms with Crippen molar-refractivity contribution < 1.29 is 14.6 Å². The molecule has 4 rings (SSSR count). The van der Waals surface area contributed by atoms with Gasteiger partial charge in [-0.05, 0) is 50.0 Å². The lowest BCUT2D eigenvalue weighted by atomic mass is 9.87. The van der Waals surface area contributed by atoms with Gasteiger partial charge in [-0.3, -0.25) is 4.79 Å². The number of carboxylic acid groups (broad SMARTS) is 1. The van der Waals surface area contributed by atoms with Crippen LogP contribution in [0.4, 0.5) is 0 Å². The number of aryl methyl sites for hydroxylation is 2. The minimum atomic E-state index is -0.749. The zero-order valence-electron chi connectivity index (χ0n) is 18.8. The Morgan fingerprint density at radius 3 is 2.75 bits per heavy atom. The van der Waals surface area contributed by atoms with Crippen molar-refractivity contribution in [3.63, 3.8) is 0 Å². The van der Waals surface area contributed by atoms with E-state index in [1.807, 2.05) is 40.0 Å². The Kier molecular flexibility index (Phi) is 6.15. The van der Waals surface area contributed by atoms with Gasteiger partial charge in [-0.15, -0.1) is 15.3 Å². The summed E-state index contributed by atoms with van der Waals surface area (Å²) in [7, 11) is 1.82. The summed E-state index contributed by atoms with van der Waals surface area (Å²) >= 11 is 0. The van der Waals surface area contributed by atoms with Gasteiger partial charge in [-0.1, -0.05) is 19.1 Å². The van der Waals surface area contributed by atoms with Gasteiger partial charge < -0.3 is 9.84 Å². The van der Waals surface area contributed by atoms with Gasteiger partial charge in [0.15, 0.2) is 5.82 Å². The summed E-state index contributed by atoms with van der Waals surface area (Å²) in [6.07, 6.45) is 2.82. The summed E-state index contributed by atoms with van der Waals surface area (Å²) in [4.78, 5) is 17.5. The van der Waals surface area contributed by atoms with Gasteiger partial charge in [0.2, 0.25) is 0 Å². The first kappa shape index (κ1) is 21.8. The largest absolute Gasteiger partial charge is 0.489 e. The molecule has 0 spiro atoms. The standard InChI is InChI=1S/C21H28N8O3/c1-12(2)20-24-27-29(25-20)11-17-19(23-26-28(17)4)16-8-9-18(13(3)22-16)32-15-7-5-6-14(10-15)21(30)31/h8-9,12,14-15H,5-7,10-11H2,1-4H3,(H,30,31)/t14-,15-/m0/s1. The zero-order valence-corrected chi connectivity index (χ0v) is 18.8. The Hall–Kier alpha value is -3.37. The Morgan fingerprint density at radius 2 is 2.06 bits per heavy atom. The maximum absolute atomic E-state index is 11.3. The number of aromatic nitrogens is 8. The average molecular weight is 441 g/mol. The Bertz CT molecular complexity index is 1110. The van der Waals surface area contributed by atoms with E-state index in [0.29, 0.717) is 42.3 Å². The monoisotopic (exact) mass is 440 g/mol. The highest BCUT2D eigenvalue weighted by atomic mass is 16.5. The maximum Gasteiger partial charge on any atom is 0.306 e. The first-order chi connectivity index (χ1) is 15.3. The number of tetrazole rings is 1. The van der Waals surface area contributed by atoms with E-state index in [2.05, 4.69) is 30.7 Å². The average Bonchev–Trinajstić information content (AvgIpc) is 3.37. The number of aliphatic carboxylic acids is 1. The van der Waals surface area contributed by atoms with Crippen LogP contribution in [-0.2, 0) is 18.4 Å². The predicted octanol–water partition coefficient (Wildman–Crippen LogP) is 2.37. The summed E-state index contributed by atoms with van der Waals surface area (Å²) in [6.45, 7) is 6.28. The second-order valence-electron chi connectivity index (χ2n) is 8.56. The van der Waals surface area contributed by atoms with Gasteiger partial charge in [0.1, 0.15) is 18.0 Å². The van der Waals surface area contributed by atoms with Crippen LogP contribution in [0.2, 0.25) is 0 Å². The van der Waals surface area contributed by atoms with Crippen molar-refractivity contribution in [3.05, 3.63) is 29.3 Å². The highest BCUT2D eigenvalue weighted by Gasteiger charge is 2.28. The van der Waals surface area contributed by atoms with E-state index in [-0.39, 0.29) is 17.9 Å². The van der Waals surface area contributed by atoms with Crippen LogP contribution in [-0.4, -0.2) is 57.4 Å². The second kappa shape index (κ2) is 9.01. The quantitative estimate of drug-likeness (QED) is 0.587. The third-order valence-electron chi connectivity index (χ3n) is 5.77. The first-order valence-electron chi connectivity index (χ1n) is 10.9. The lowest BCUT2D eigenvalue weighted by Gasteiger charge is -2.27. The third-order valence-corrected chi connectivity index (χ3v) is 5.77. The molecule has 0 amide bonds. The van der Waals surface area contributed by atoms with E-state index < -0.39 is 5.97 Å². The summed E-state index contributed by atoms with van der Waals surface area (Å²) in [5.74, 6) is 0.450. The van der Waals surface area contributed by atoms with Crippen LogP contribution in [0.3, 0.4) is 0 Å². The van der Waals surface area contributed by atoms with Crippen molar-refractivity contribution in [3.8, 4) is 17.1 Å². The highest BCUT2D eigenvalue weighted by Crippen LogP contribution is 2.30. The van der Waals surface area contributed by atoms with Crippen LogP contribution >= 0.6 is 0 Å². The number of ether oxygens (including phenoxy) is 1. The van der Waals surface area contributed by atoms with Crippen molar-refractivity contribution in [1.29, 1.82) is 0 Å². The van der Waals surface area contributed by atoms with Crippen molar-refractivity contribution in [2.45, 2.75) is 65.0 Å². The van der Waals surface area contributed by atoms with E-state index in [9.17, 15) is 9.90 Å². The van der Waals surface area contributed by atoms with Crippen LogP contribution in [0, 0.1) is 12.8 Å². The van der Waals surface area contributed by atoms with Gasteiger partial charge in [0.05, 0.1) is 29.1 Å². The predicted molar refractivity (Wildman–Crippen MR) is 114 cm³/mol. The molecule has 1 aliphatic carbocycles. The lowest BCUT2D eigenvalue weighted by molar-refractivity contribution is -0.143. The molecular weight excluding hydrogens is 412 g/mol. The third kappa shape index (κ3) is 4.61. The molecule has 11 heteroatoms. The summed E-state index contributed by atoms with van der Waals surface area (Å²) in [5, 5.41) is 30.4. The summed E-state index contributed by atoms with van der Waals surface area (Å²) in [5.41, 5.74) is 2.86. The zero-order chi connectivity index (χ0) is 22.8. The molecule has 0 saturated heterocycles. The smallest absolute Gasteiger partial charge is 0.306 e. The SMILES string of the molecule is Cc1nc(-c2nnn(C)c2Cn2nnc(C(C)C)n2)ccc1O[C@H]1CCC[C@H](C(=O)O)C1. The van der Waals surface area contributed by atoms with Crippen molar-refractivity contribution >= 4 is 5.97 Å². The Morgan fingerprint density at radius 1 is 1.25 bits per heavy atom. The van der Waals surface area contributed by atoms with Crippen LogP contribution in [0.25, 0.3) is 11.4 Å². The van der Waals surface area contributed by atoms with Crippen LogP contribution in [0.15, 0.2) is 12.1 Å². The van der Waals surface area contributed by atoms with E-state index >= 15 is 0 Å². The fourth-order valence-corrected chi connectivity index (χ4v) is 3.90. The fraction of sp³-hybridized carbons (Fsp3) is 0.571. The highest BCUT2D eigenvalue weighted by molar-refractivity contribution is 5.70. The first-order valence-corrected chi connectivity index (χ1v) is 10.9. The molecule has 11 nitrogen and oxygen atoms in total. The number of rotatable bonds is 7. The number of pyridine rings is 1. The number of nitrogens with zero attached hydrogens (tertiary/aromatic N) is 8. The molecule has 0 aliphatic heterocycles. The van der Waals surface area contributed by atoms with Gasteiger partial charge in [0, 0.05) is 13.0 Å². The van der Waals surface area contributed by atoms with E-state index in [0.717, 1.165) is 24.2 Å². The molecule has 0 radical (unpaired) electrons. The molecule has 170 valence electrons. The molecule has 1 N–H and O–H groups in total. The number of carbonyl (C=O) groups is 1. The minimum Gasteiger partial charge on any atom is -0.489 e. The summed E-state index contributed by atoms with van der Waals surface area (Å²) < 4.78 is 7.80. The van der Waals surface area contributed by atoms with Gasteiger partial charge in [-0.2, -0.15) is 4.80 Å². The molecule has 0 bridgehead atoms. The maximum atomic E-state index is 11.3. The number of hydrogen-bond donors (Lipinski definition) is 1. The molecule has 3 aromatic heterocycles. The van der Waals surface area contributed by atoms with Crippen molar-refractivity contribution in [2.24, 2.45) is 13.0 Å². The minimum absolute atomic E-state index is 0.114. The molecule has 1 aliphatic rings. The molecule has 1 fully saturated rings. The molecule has 3 heterocycles. The van der Waals surface area contributed by atoms with Gasteiger partial charge >= 0.3 is 5.97 Å². The van der Waals surface area contributed by atoms with Crippen molar-refractivity contribution in [2.75, 3.05) is 0 Å². The molecule has 0 aromatic carbocycles. The van der Waals surface area contributed by atoms with Crippen LogP contribution in [0.1, 0.15) is 62.7 Å². The Labute approximate surface area is 185 Å². The fourth-order valence-electron chi connectivity index (χ4n) is 3.90. The molecule has 32 heavy (non-hydrogen) atoms. The lowest BCUT2D eigenvalue weighted by Crippen LogP contribution is -2.29. The molecule has 1 saturated carbocycles. The van der Waals surface area contributed by atoms with Crippen molar-refractivity contribution in [1.82, 2.24) is 40.2 Å². The number of hydrogen-bond acceptors (Lipinski definition) is 8. The normalized spacial score (nSPS) is 18.8. The van der Waals surface area contributed by atoms with E-state index in [4.69, 9.17) is 4.74 Å². The van der Waals surface area contributed by atoms with E-state index in [1.54, 1.807) is 4.68 Å². The molecule has 2 atom stereocenters. The van der Waals surface area contributed by atoms with Crippen LogP contribution in [0.5, 0.6) is 5.75 Å². The van der Waals surface area contributed by atoms with Crippen LogP contribution < -0.4 is 4.74 Å².